The van der Waals surface area contributed by atoms with Crippen LogP contribution in [0.4, 0.5) is 10.5 Å². The number of nitrogens with one attached hydrogen (secondary N) is 1. The number of aryl methyl sites for hydroxylation is 3. The smallest absolute Gasteiger partial charge is 0.322 e. The Morgan fingerprint density at radius 3 is 2.38 bits per heavy atom. The van der Waals surface area contributed by atoms with Crippen LogP contribution < -0.4 is 5.32 Å². The molecule has 0 aliphatic carbocycles. The van der Waals surface area contributed by atoms with E-state index in [1.165, 1.54) is 5.56 Å². The Balaban J connectivity index is 1.79. The minimum Gasteiger partial charge on any atom is -0.464 e. The largest absolute Gasteiger partial charge is 0.464 e. The molecule has 26 heavy (non-hydrogen) atoms. The molecule has 1 heterocycles. The Morgan fingerprint density at radius 1 is 0.962 bits per heavy atom. The monoisotopic (exact) mass is 348 g/mol. The van der Waals surface area contributed by atoms with Gasteiger partial charge in [-0.2, -0.15) is 0 Å². The van der Waals surface area contributed by atoms with Crippen molar-refractivity contribution >= 4 is 11.7 Å². The Kier molecular flexibility index (Phi) is 5.42. The van der Waals surface area contributed by atoms with E-state index in [4.69, 9.17) is 4.42 Å². The van der Waals surface area contributed by atoms with Crippen molar-refractivity contribution in [2.45, 2.75) is 33.9 Å². The number of furan rings is 1. The molecule has 4 nitrogen and oxygen atoms in total. The van der Waals surface area contributed by atoms with Crippen molar-refractivity contribution in [1.82, 2.24) is 4.90 Å². The maximum atomic E-state index is 12.9. The fraction of sp³-hybridized carbons (Fsp3) is 0.227. The van der Waals surface area contributed by atoms with Gasteiger partial charge in [-0.15, -0.1) is 0 Å². The van der Waals surface area contributed by atoms with E-state index < -0.39 is 0 Å². The summed E-state index contributed by atoms with van der Waals surface area (Å²) in [4.78, 5) is 14.7. The number of carbonyl (C=O) groups is 1. The van der Waals surface area contributed by atoms with Crippen molar-refractivity contribution in [3.63, 3.8) is 0 Å². The SMILES string of the molecule is Cc1ccc(NC(=O)N(Cc2ccccc2)Cc2ccc(C)o2)c(C)c1. The fourth-order valence-corrected chi connectivity index (χ4v) is 2.91. The van der Waals surface area contributed by atoms with Crippen molar-refractivity contribution in [2.75, 3.05) is 5.32 Å². The summed E-state index contributed by atoms with van der Waals surface area (Å²) >= 11 is 0. The zero-order chi connectivity index (χ0) is 18.5. The number of hydrogen-bond acceptors (Lipinski definition) is 2. The van der Waals surface area contributed by atoms with Crippen LogP contribution >= 0.6 is 0 Å². The van der Waals surface area contributed by atoms with Crippen molar-refractivity contribution in [3.8, 4) is 0 Å². The number of urea groups is 1. The normalized spacial score (nSPS) is 10.6. The highest BCUT2D eigenvalue weighted by Crippen LogP contribution is 2.19. The molecule has 1 N–H and O–H groups in total. The molecule has 2 aromatic carbocycles. The van der Waals surface area contributed by atoms with Crippen LogP contribution in [-0.2, 0) is 13.1 Å². The molecule has 134 valence electrons. The molecular weight excluding hydrogens is 324 g/mol. The lowest BCUT2D eigenvalue weighted by Gasteiger charge is -2.23. The Morgan fingerprint density at radius 2 is 1.73 bits per heavy atom. The Bertz CT molecular complexity index is 884. The summed E-state index contributed by atoms with van der Waals surface area (Å²) in [5.41, 5.74) is 4.13. The van der Waals surface area contributed by atoms with Gasteiger partial charge in [0.2, 0.25) is 0 Å². The average molecular weight is 348 g/mol. The number of nitrogens with zero attached hydrogens (tertiary/aromatic N) is 1. The molecule has 0 aliphatic rings. The highest BCUT2D eigenvalue weighted by Gasteiger charge is 2.17. The zero-order valence-corrected chi connectivity index (χ0v) is 15.5. The van der Waals surface area contributed by atoms with Gasteiger partial charge in [0.15, 0.2) is 0 Å². The first kappa shape index (κ1) is 17.8. The molecule has 4 heteroatoms. The molecule has 3 rings (SSSR count). The van der Waals surface area contributed by atoms with Crippen LogP contribution in [0.3, 0.4) is 0 Å². The molecule has 0 atom stereocenters. The second-order valence-electron chi connectivity index (χ2n) is 6.60. The second kappa shape index (κ2) is 7.91. The van der Waals surface area contributed by atoms with Gasteiger partial charge in [-0.05, 0) is 50.1 Å². The highest BCUT2D eigenvalue weighted by atomic mass is 16.3. The van der Waals surface area contributed by atoms with Gasteiger partial charge in [-0.3, -0.25) is 0 Å². The van der Waals surface area contributed by atoms with Gasteiger partial charge < -0.3 is 14.6 Å². The molecule has 3 aromatic rings. The number of benzene rings is 2. The van der Waals surface area contributed by atoms with Gasteiger partial charge in [-0.1, -0.05) is 48.0 Å². The minimum absolute atomic E-state index is 0.144. The van der Waals surface area contributed by atoms with Gasteiger partial charge in [0, 0.05) is 12.2 Å². The van der Waals surface area contributed by atoms with E-state index in [1.54, 1.807) is 4.90 Å². The van der Waals surface area contributed by atoms with E-state index in [0.717, 1.165) is 28.3 Å². The molecule has 0 saturated carbocycles. The number of rotatable bonds is 5. The van der Waals surface area contributed by atoms with Crippen LogP contribution in [0.1, 0.15) is 28.2 Å². The van der Waals surface area contributed by atoms with E-state index in [9.17, 15) is 4.79 Å². The molecule has 0 aliphatic heterocycles. The Hall–Kier alpha value is -3.01. The summed E-state index contributed by atoms with van der Waals surface area (Å²) in [6, 6.07) is 19.7. The van der Waals surface area contributed by atoms with Crippen molar-refractivity contribution in [2.24, 2.45) is 0 Å². The summed E-state index contributed by atoms with van der Waals surface area (Å²) in [6.07, 6.45) is 0. The van der Waals surface area contributed by atoms with Crippen molar-refractivity contribution < 1.29 is 9.21 Å². The molecular formula is C22H24N2O2. The molecule has 0 spiro atoms. The van der Waals surface area contributed by atoms with E-state index in [-0.39, 0.29) is 6.03 Å². The first-order valence-electron chi connectivity index (χ1n) is 8.73. The second-order valence-corrected chi connectivity index (χ2v) is 6.60. The first-order valence-corrected chi connectivity index (χ1v) is 8.73. The van der Waals surface area contributed by atoms with E-state index >= 15 is 0 Å². The predicted molar refractivity (Wildman–Crippen MR) is 104 cm³/mol. The molecule has 0 unspecified atom stereocenters. The van der Waals surface area contributed by atoms with Gasteiger partial charge in [0.05, 0.1) is 6.54 Å². The summed E-state index contributed by atoms with van der Waals surface area (Å²) in [7, 11) is 0. The lowest BCUT2D eigenvalue weighted by molar-refractivity contribution is 0.201. The van der Waals surface area contributed by atoms with E-state index in [0.29, 0.717) is 13.1 Å². The van der Waals surface area contributed by atoms with Gasteiger partial charge in [-0.25, -0.2) is 4.79 Å². The predicted octanol–water partition coefficient (Wildman–Crippen LogP) is 5.44. The van der Waals surface area contributed by atoms with E-state index in [2.05, 4.69) is 11.4 Å². The summed E-state index contributed by atoms with van der Waals surface area (Å²) in [5, 5.41) is 3.03. The molecule has 2 amide bonds. The average Bonchev–Trinajstić information content (AvgIpc) is 3.02. The third-order valence-electron chi connectivity index (χ3n) is 4.27. The summed E-state index contributed by atoms with van der Waals surface area (Å²) in [5.74, 6) is 1.61. The van der Waals surface area contributed by atoms with Crippen LogP contribution in [0.2, 0.25) is 0 Å². The van der Waals surface area contributed by atoms with Gasteiger partial charge in [0.25, 0.3) is 0 Å². The fourth-order valence-electron chi connectivity index (χ4n) is 2.91. The number of amides is 2. The minimum atomic E-state index is -0.144. The summed E-state index contributed by atoms with van der Waals surface area (Å²) < 4.78 is 5.67. The first-order chi connectivity index (χ1) is 12.5. The van der Waals surface area contributed by atoms with Gasteiger partial charge >= 0.3 is 6.03 Å². The highest BCUT2D eigenvalue weighted by molar-refractivity contribution is 5.90. The lowest BCUT2D eigenvalue weighted by atomic mass is 10.1. The van der Waals surface area contributed by atoms with Crippen LogP contribution in [0.15, 0.2) is 65.1 Å². The number of carbonyl (C=O) groups excluding carboxylic acids is 1. The third-order valence-corrected chi connectivity index (χ3v) is 4.27. The molecule has 0 fully saturated rings. The van der Waals surface area contributed by atoms with Gasteiger partial charge in [0.1, 0.15) is 11.5 Å². The standard InChI is InChI=1S/C22H24N2O2/c1-16-9-12-21(17(2)13-16)23-22(25)24(14-19-7-5-4-6-8-19)15-20-11-10-18(3)26-20/h4-13H,14-15H2,1-3H3,(H,23,25). The topological polar surface area (TPSA) is 45.5 Å². The molecule has 1 aromatic heterocycles. The summed E-state index contributed by atoms with van der Waals surface area (Å²) in [6.45, 7) is 6.87. The van der Waals surface area contributed by atoms with Crippen LogP contribution in [0.25, 0.3) is 0 Å². The maximum Gasteiger partial charge on any atom is 0.322 e. The van der Waals surface area contributed by atoms with Crippen LogP contribution in [0.5, 0.6) is 0 Å². The Labute approximate surface area is 154 Å². The molecule has 0 bridgehead atoms. The lowest BCUT2D eigenvalue weighted by Crippen LogP contribution is -2.34. The molecule has 0 saturated heterocycles. The maximum absolute atomic E-state index is 12.9. The van der Waals surface area contributed by atoms with Crippen LogP contribution in [-0.4, -0.2) is 10.9 Å². The van der Waals surface area contributed by atoms with Crippen molar-refractivity contribution in [3.05, 3.63) is 88.9 Å². The number of hydrogen-bond donors (Lipinski definition) is 1. The quantitative estimate of drug-likeness (QED) is 0.667. The number of anilines is 1. The van der Waals surface area contributed by atoms with Crippen molar-refractivity contribution in [1.29, 1.82) is 0 Å². The molecule has 0 radical (unpaired) electrons. The van der Waals surface area contributed by atoms with E-state index in [1.807, 2.05) is 75.4 Å². The van der Waals surface area contributed by atoms with Crippen LogP contribution in [0, 0.1) is 20.8 Å². The third kappa shape index (κ3) is 4.54. The zero-order valence-electron chi connectivity index (χ0n) is 15.5.